The molecule has 6 atom stereocenters. The Morgan fingerprint density at radius 3 is 1.88 bits per heavy atom. The number of ether oxygens (including phenoxy) is 7. The molecule has 16 nitrogen and oxygen atoms in total. The summed E-state index contributed by atoms with van der Waals surface area (Å²) in [5.41, 5.74) is -0.112. The summed E-state index contributed by atoms with van der Waals surface area (Å²) in [6, 6.07) is 36.0. The van der Waals surface area contributed by atoms with Crippen molar-refractivity contribution in [1.29, 1.82) is 0 Å². The molecule has 4 aromatic carbocycles. The van der Waals surface area contributed by atoms with Crippen LogP contribution in [0.2, 0.25) is 0 Å². The van der Waals surface area contributed by atoms with Gasteiger partial charge >= 0.3 is 5.69 Å². The molecular weight excluding hydrogens is 984 g/mol. The highest BCUT2D eigenvalue weighted by molar-refractivity contribution is 8.13. The minimum Gasteiger partial charge on any atom is -0.497 e. The molecule has 0 saturated carbocycles. The third-order valence-electron chi connectivity index (χ3n) is 12.2. The number of nitrogens with one attached hydrogen (secondary N) is 1. The van der Waals surface area contributed by atoms with Crippen LogP contribution >= 0.6 is 20.3 Å². The molecule has 0 aliphatic carbocycles. The second kappa shape index (κ2) is 27.5. The molecule has 0 spiro atoms. The monoisotopic (exact) mass is 1060 g/mol. The second-order valence-electron chi connectivity index (χ2n) is 19.1. The number of para-hydroxylation sites is 1. The number of thioether (sulfide) groups is 1. The zero-order chi connectivity index (χ0) is 53.4. The fourth-order valence-electron chi connectivity index (χ4n) is 8.67. The predicted molar refractivity (Wildman–Crippen MR) is 289 cm³/mol. The number of hydrogen-bond donors (Lipinski definition) is 1. The van der Waals surface area contributed by atoms with Crippen molar-refractivity contribution in [1.82, 2.24) is 14.2 Å². The van der Waals surface area contributed by atoms with Crippen LogP contribution in [0.5, 0.6) is 17.2 Å². The van der Waals surface area contributed by atoms with E-state index in [1.54, 1.807) is 26.4 Å². The summed E-state index contributed by atoms with van der Waals surface area (Å²) in [6.07, 6.45) is -2.73. The first-order valence-corrected chi connectivity index (χ1v) is 27.1. The molecule has 18 heteroatoms. The summed E-state index contributed by atoms with van der Waals surface area (Å²) in [5, 5.41) is 2.92. The predicted octanol–water partition coefficient (Wildman–Crippen LogP) is 10.0. The van der Waals surface area contributed by atoms with Crippen LogP contribution in [0.3, 0.4) is 0 Å². The average molecular weight is 1060 g/mol. The minimum absolute atomic E-state index is 0.0197. The van der Waals surface area contributed by atoms with Crippen molar-refractivity contribution in [2.75, 3.05) is 58.8 Å². The largest absolute Gasteiger partial charge is 0.497 e. The first kappa shape index (κ1) is 58.1. The second-order valence-corrected chi connectivity index (χ2v) is 21.7. The van der Waals surface area contributed by atoms with Crippen molar-refractivity contribution in [2.45, 2.75) is 110 Å². The topological polar surface area (TPSA) is 167 Å². The molecule has 0 bridgehead atoms. The minimum atomic E-state index is -1.85. The first-order chi connectivity index (χ1) is 35.5. The van der Waals surface area contributed by atoms with Gasteiger partial charge in [0.05, 0.1) is 40.6 Å². The van der Waals surface area contributed by atoms with E-state index >= 15 is 0 Å². The van der Waals surface area contributed by atoms with Gasteiger partial charge in [-0.3, -0.25) is 14.2 Å². The van der Waals surface area contributed by atoms with Crippen molar-refractivity contribution in [3.8, 4) is 17.2 Å². The molecular formula is C56H73N4O12PS. The van der Waals surface area contributed by atoms with Gasteiger partial charge in [-0.15, -0.1) is 0 Å². The molecule has 5 aromatic rings. The van der Waals surface area contributed by atoms with Gasteiger partial charge in [-0.05, 0) is 86.8 Å². The number of rotatable bonds is 27. The van der Waals surface area contributed by atoms with Gasteiger partial charge in [0.2, 0.25) is 0 Å². The number of hydrogen-bond acceptors (Lipinski definition) is 15. The van der Waals surface area contributed by atoms with E-state index in [1.807, 2.05) is 125 Å². The average Bonchev–Trinajstić information content (AvgIpc) is 3.74. The van der Waals surface area contributed by atoms with Crippen LogP contribution in [-0.2, 0) is 43.2 Å². The van der Waals surface area contributed by atoms with Gasteiger partial charge in [-0.2, -0.15) is 4.98 Å². The van der Waals surface area contributed by atoms with E-state index in [0.717, 1.165) is 16.7 Å². The number of anilines is 1. The normalized spacial score (nSPS) is 17.9. The molecule has 1 saturated heterocycles. The standard InChI is InChI=1S/C56H73N4O12PS/c1-12-48(61)74-36-35-67-33-34-69-73(60(38(2)3)39(4)5)72-49-46(37-68-56(40-19-15-13-16-20-40,41-23-27-43(64-9)28-24-41)42-25-29-44(65-10)30-26-42)71-53(50(49)66-11)59-32-31-47(58-54(59)63)57-52(62)51(55(6,7)8)70-45-21-17-14-18-22-45/h13-32,38-39,46,49-51,53H,12,33-37H2,1-11H3,(H,57,58,62,63)/t46-,49-,50-,51?,53-,73?/m1/s1. The van der Waals surface area contributed by atoms with Crippen molar-refractivity contribution in [2.24, 2.45) is 5.41 Å². The Morgan fingerprint density at radius 1 is 0.770 bits per heavy atom. The molecule has 400 valence electrons. The van der Waals surface area contributed by atoms with Gasteiger partial charge in [0.25, 0.3) is 14.4 Å². The van der Waals surface area contributed by atoms with Gasteiger partial charge in [0.15, 0.2) is 17.4 Å². The molecule has 1 fully saturated rings. The van der Waals surface area contributed by atoms with Crippen LogP contribution in [0.4, 0.5) is 5.82 Å². The van der Waals surface area contributed by atoms with E-state index in [-0.39, 0.29) is 42.8 Å². The van der Waals surface area contributed by atoms with E-state index in [2.05, 4.69) is 42.7 Å². The van der Waals surface area contributed by atoms with Crippen molar-refractivity contribution < 1.29 is 51.8 Å². The Labute approximate surface area is 441 Å². The Kier molecular flexibility index (Phi) is 21.6. The molecule has 1 amide bonds. The van der Waals surface area contributed by atoms with Crippen LogP contribution < -0.4 is 25.2 Å². The fraction of sp³-hybridized carbons (Fsp3) is 0.464. The Balaban J connectivity index is 1.39. The highest BCUT2D eigenvalue weighted by atomic mass is 32.2. The van der Waals surface area contributed by atoms with Crippen molar-refractivity contribution in [3.63, 3.8) is 0 Å². The fourth-order valence-corrected chi connectivity index (χ4v) is 11.1. The van der Waals surface area contributed by atoms with E-state index < -0.39 is 61.8 Å². The lowest BCUT2D eigenvalue weighted by atomic mass is 9.80. The lowest BCUT2D eigenvalue weighted by Gasteiger charge is -2.39. The molecule has 1 aromatic heterocycles. The number of benzene rings is 4. The lowest BCUT2D eigenvalue weighted by Crippen LogP contribution is -2.44. The van der Waals surface area contributed by atoms with Gasteiger partial charge < -0.3 is 47.5 Å². The number of methoxy groups -OCH3 is 3. The Hall–Kier alpha value is -5.20. The highest BCUT2D eigenvalue weighted by Crippen LogP contribution is 2.51. The molecule has 1 aliphatic rings. The molecule has 1 N–H and O–H groups in total. The summed E-state index contributed by atoms with van der Waals surface area (Å²) < 4.78 is 61.3. The zero-order valence-electron chi connectivity index (χ0n) is 44.4. The number of carbonyl (C=O) groups excluding carboxylic acids is 2. The number of amides is 1. The van der Waals surface area contributed by atoms with Crippen LogP contribution in [0, 0.1) is 5.41 Å². The smallest absolute Gasteiger partial charge is 0.351 e. The number of carbonyl (C=O) groups is 2. The summed E-state index contributed by atoms with van der Waals surface area (Å²) in [7, 11) is 2.93. The van der Waals surface area contributed by atoms with Crippen molar-refractivity contribution >= 4 is 37.1 Å². The van der Waals surface area contributed by atoms with E-state index in [1.165, 1.54) is 35.7 Å². The molecule has 6 rings (SSSR count). The lowest BCUT2D eigenvalue weighted by molar-refractivity contribution is -0.127. The molecule has 0 radical (unpaired) electrons. The Morgan fingerprint density at radius 2 is 1.35 bits per heavy atom. The van der Waals surface area contributed by atoms with Crippen LogP contribution in [0.1, 0.15) is 84.7 Å². The van der Waals surface area contributed by atoms with E-state index in [9.17, 15) is 14.4 Å². The van der Waals surface area contributed by atoms with Crippen LogP contribution in [-0.4, -0.2) is 115 Å². The first-order valence-electron chi connectivity index (χ1n) is 24.9. The SMILES string of the molecule is CCC(=O)SCCOCCOP(O[C@H]1[C@@H](OC)[C@H](n2ccc(NC(=O)C(Oc3ccccc3)C(C)(C)C)nc2=O)O[C@@H]1COC(c1ccccc1)(c1ccc(OC)cc1)c1ccc(OC)cc1)N(C(C)C)C(C)C. The summed E-state index contributed by atoms with van der Waals surface area (Å²) in [5.74, 6) is 1.98. The quantitative estimate of drug-likeness (QED) is 0.0300. The Bertz CT molecular complexity index is 2510. The summed E-state index contributed by atoms with van der Waals surface area (Å²) in [6.45, 7) is 16.6. The van der Waals surface area contributed by atoms with Crippen LogP contribution in [0.15, 0.2) is 126 Å². The van der Waals surface area contributed by atoms with Crippen molar-refractivity contribution in [3.05, 3.63) is 149 Å². The molecule has 2 heterocycles. The number of aromatic nitrogens is 2. The summed E-state index contributed by atoms with van der Waals surface area (Å²) in [4.78, 5) is 44.4. The highest BCUT2D eigenvalue weighted by Gasteiger charge is 2.51. The van der Waals surface area contributed by atoms with Gasteiger partial charge in [-0.25, -0.2) is 9.46 Å². The van der Waals surface area contributed by atoms with Crippen LogP contribution in [0.25, 0.3) is 0 Å². The van der Waals surface area contributed by atoms with E-state index in [0.29, 0.717) is 36.0 Å². The third kappa shape index (κ3) is 14.8. The maximum Gasteiger partial charge on any atom is 0.351 e. The van der Waals surface area contributed by atoms with E-state index in [4.69, 9.17) is 42.2 Å². The summed E-state index contributed by atoms with van der Waals surface area (Å²) >= 11 is 1.25. The van der Waals surface area contributed by atoms with Gasteiger partial charge in [0, 0.05) is 43.0 Å². The third-order valence-corrected chi connectivity index (χ3v) is 15.3. The maximum atomic E-state index is 14.3. The molecule has 1 aliphatic heterocycles. The molecule has 2 unspecified atom stereocenters. The van der Waals surface area contributed by atoms with Gasteiger partial charge in [-0.1, -0.05) is 112 Å². The maximum absolute atomic E-state index is 14.3. The zero-order valence-corrected chi connectivity index (χ0v) is 46.1. The number of nitrogens with zero attached hydrogens (tertiary/aromatic N) is 3. The molecule has 74 heavy (non-hydrogen) atoms. The van der Waals surface area contributed by atoms with Gasteiger partial charge in [0.1, 0.15) is 47.0 Å².